The molecule has 8 nitrogen and oxygen atoms in total. The Morgan fingerprint density at radius 3 is 2.63 bits per heavy atom. The predicted octanol–water partition coefficient (Wildman–Crippen LogP) is 3.96. The maximum atomic E-state index is 12.1. The summed E-state index contributed by atoms with van der Waals surface area (Å²) in [6, 6.07) is 12.3. The van der Waals surface area contributed by atoms with Crippen LogP contribution in [0.4, 0.5) is 10.5 Å². The molecule has 0 unspecified atom stereocenters. The van der Waals surface area contributed by atoms with Crippen LogP contribution in [0.3, 0.4) is 0 Å². The first-order valence-corrected chi connectivity index (χ1v) is 9.26. The Labute approximate surface area is 177 Å². The van der Waals surface area contributed by atoms with Crippen molar-refractivity contribution in [3.05, 3.63) is 76.6 Å². The van der Waals surface area contributed by atoms with E-state index in [0.717, 1.165) is 11.1 Å². The number of phenols is 1. The molecule has 0 spiro atoms. The third kappa shape index (κ3) is 5.39. The molecular formula is C21H19ClN4O4. The van der Waals surface area contributed by atoms with Crippen LogP contribution in [0.2, 0.25) is 5.02 Å². The Balaban J connectivity index is 1.61. The molecule has 0 aliphatic rings. The van der Waals surface area contributed by atoms with E-state index in [0.29, 0.717) is 16.5 Å². The molecule has 0 aliphatic carbocycles. The largest absolute Gasteiger partial charge is 0.506 e. The number of urea groups is 1. The van der Waals surface area contributed by atoms with E-state index in [1.165, 1.54) is 30.5 Å². The standard InChI is InChI=1S/C21H19ClN4O4/c1-12-8-15(30-16-6-7-24-18(10-16)20(23)28)4-2-13(12)11-25-21(29)26-17-9-14(22)3-5-19(17)27/h2-10,27H,11H2,1H3,(H2,23,28)(H2,25,26,29). The van der Waals surface area contributed by atoms with E-state index >= 15 is 0 Å². The van der Waals surface area contributed by atoms with E-state index in [1.807, 2.05) is 19.1 Å². The molecule has 0 saturated heterocycles. The number of primary amides is 1. The lowest BCUT2D eigenvalue weighted by molar-refractivity contribution is 0.0995. The van der Waals surface area contributed by atoms with Gasteiger partial charge in [-0.3, -0.25) is 9.78 Å². The number of aromatic hydroxyl groups is 1. The molecule has 0 bridgehead atoms. The highest BCUT2D eigenvalue weighted by Crippen LogP contribution is 2.27. The zero-order valence-electron chi connectivity index (χ0n) is 16.0. The number of ether oxygens (including phenoxy) is 1. The Bertz CT molecular complexity index is 1100. The van der Waals surface area contributed by atoms with E-state index in [-0.39, 0.29) is 23.7 Å². The highest BCUT2D eigenvalue weighted by Gasteiger charge is 2.09. The van der Waals surface area contributed by atoms with Crippen LogP contribution >= 0.6 is 11.6 Å². The molecule has 3 amide bonds. The summed E-state index contributed by atoms with van der Waals surface area (Å²) >= 11 is 5.87. The maximum Gasteiger partial charge on any atom is 0.319 e. The van der Waals surface area contributed by atoms with Crippen LogP contribution in [0.15, 0.2) is 54.7 Å². The fourth-order valence-electron chi connectivity index (χ4n) is 2.63. The Morgan fingerprint density at radius 1 is 1.13 bits per heavy atom. The topological polar surface area (TPSA) is 127 Å². The molecule has 3 rings (SSSR count). The fourth-order valence-corrected chi connectivity index (χ4v) is 2.80. The number of carbonyl (C=O) groups is 2. The number of nitrogens with zero attached hydrogens (tertiary/aromatic N) is 1. The number of hydrogen-bond acceptors (Lipinski definition) is 5. The number of hydrogen-bond donors (Lipinski definition) is 4. The van der Waals surface area contributed by atoms with Crippen molar-refractivity contribution >= 4 is 29.2 Å². The van der Waals surface area contributed by atoms with Crippen molar-refractivity contribution in [3.63, 3.8) is 0 Å². The molecule has 0 saturated carbocycles. The number of pyridine rings is 1. The number of anilines is 1. The van der Waals surface area contributed by atoms with Crippen molar-refractivity contribution in [1.29, 1.82) is 0 Å². The molecule has 0 fully saturated rings. The maximum absolute atomic E-state index is 12.1. The molecule has 9 heteroatoms. The van der Waals surface area contributed by atoms with Crippen molar-refractivity contribution < 1.29 is 19.4 Å². The summed E-state index contributed by atoms with van der Waals surface area (Å²) in [4.78, 5) is 27.2. The number of aryl methyl sites for hydroxylation is 1. The number of rotatable bonds is 6. The second-order valence-electron chi connectivity index (χ2n) is 6.40. The SMILES string of the molecule is Cc1cc(Oc2ccnc(C(N)=O)c2)ccc1CNC(=O)Nc1cc(Cl)ccc1O. The summed E-state index contributed by atoms with van der Waals surface area (Å²) < 4.78 is 5.75. The van der Waals surface area contributed by atoms with Gasteiger partial charge in [0.15, 0.2) is 0 Å². The molecule has 3 aromatic rings. The van der Waals surface area contributed by atoms with Gasteiger partial charge < -0.3 is 26.2 Å². The molecule has 154 valence electrons. The summed E-state index contributed by atoms with van der Waals surface area (Å²) in [5, 5.41) is 15.4. The summed E-state index contributed by atoms with van der Waals surface area (Å²) in [6.45, 7) is 2.15. The van der Waals surface area contributed by atoms with Crippen LogP contribution in [0.1, 0.15) is 21.6 Å². The van der Waals surface area contributed by atoms with E-state index in [4.69, 9.17) is 22.1 Å². The lowest BCUT2D eigenvalue weighted by Crippen LogP contribution is -2.28. The number of carbonyl (C=O) groups excluding carboxylic acids is 2. The van der Waals surface area contributed by atoms with Gasteiger partial charge in [0.2, 0.25) is 0 Å². The number of halogens is 1. The number of benzene rings is 2. The number of nitrogens with one attached hydrogen (secondary N) is 2. The van der Waals surface area contributed by atoms with Crippen molar-refractivity contribution in [2.45, 2.75) is 13.5 Å². The second-order valence-corrected chi connectivity index (χ2v) is 6.84. The van der Waals surface area contributed by atoms with Crippen molar-refractivity contribution in [2.75, 3.05) is 5.32 Å². The van der Waals surface area contributed by atoms with Gasteiger partial charge in [0, 0.05) is 23.8 Å². The molecule has 0 radical (unpaired) electrons. The Kier molecular flexibility index (Phi) is 6.38. The van der Waals surface area contributed by atoms with E-state index in [1.54, 1.807) is 12.1 Å². The minimum Gasteiger partial charge on any atom is -0.506 e. The van der Waals surface area contributed by atoms with Gasteiger partial charge in [-0.2, -0.15) is 0 Å². The summed E-state index contributed by atoms with van der Waals surface area (Å²) in [5.74, 6) is 0.279. The van der Waals surface area contributed by atoms with E-state index < -0.39 is 11.9 Å². The molecular weight excluding hydrogens is 408 g/mol. The van der Waals surface area contributed by atoms with Gasteiger partial charge in [0.1, 0.15) is 22.9 Å². The third-order valence-corrected chi connectivity index (χ3v) is 4.41. The number of aromatic nitrogens is 1. The van der Waals surface area contributed by atoms with Crippen molar-refractivity contribution in [2.24, 2.45) is 5.73 Å². The van der Waals surface area contributed by atoms with Gasteiger partial charge in [0.25, 0.3) is 5.91 Å². The van der Waals surface area contributed by atoms with Crippen LogP contribution in [0, 0.1) is 6.92 Å². The first-order chi connectivity index (χ1) is 14.3. The number of nitrogens with two attached hydrogens (primary N) is 1. The van der Waals surface area contributed by atoms with Crippen LogP contribution < -0.4 is 21.1 Å². The minimum absolute atomic E-state index is 0.0807. The molecule has 1 heterocycles. The average Bonchev–Trinajstić information content (AvgIpc) is 2.70. The second kappa shape index (κ2) is 9.15. The lowest BCUT2D eigenvalue weighted by Gasteiger charge is -2.12. The van der Waals surface area contributed by atoms with Crippen molar-refractivity contribution in [3.8, 4) is 17.2 Å². The van der Waals surface area contributed by atoms with Crippen LogP contribution in [-0.4, -0.2) is 22.0 Å². The summed E-state index contributed by atoms with van der Waals surface area (Å²) in [5.41, 5.74) is 7.32. The first-order valence-electron chi connectivity index (χ1n) is 8.88. The zero-order valence-corrected chi connectivity index (χ0v) is 16.7. The quantitative estimate of drug-likeness (QED) is 0.444. The zero-order chi connectivity index (χ0) is 21.7. The monoisotopic (exact) mass is 426 g/mol. The van der Waals surface area contributed by atoms with Crippen LogP contribution in [0.5, 0.6) is 17.2 Å². The molecule has 0 atom stereocenters. The molecule has 0 aliphatic heterocycles. The smallest absolute Gasteiger partial charge is 0.319 e. The van der Waals surface area contributed by atoms with Gasteiger partial charge >= 0.3 is 6.03 Å². The fraction of sp³-hybridized carbons (Fsp3) is 0.0952. The van der Waals surface area contributed by atoms with Gasteiger partial charge in [-0.15, -0.1) is 0 Å². The summed E-state index contributed by atoms with van der Waals surface area (Å²) in [7, 11) is 0. The van der Waals surface area contributed by atoms with Gasteiger partial charge in [-0.05, 0) is 54.4 Å². The molecule has 30 heavy (non-hydrogen) atoms. The van der Waals surface area contributed by atoms with E-state index in [2.05, 4.69) is 15.6 Å². The Morgan fingerprint density at radius 2 is 1.90 bits per heavy atom. The molecule has 1 aromatic heterocycles. The highest BCUT2D eigenvalue weighted by molar-refractivity contribution is 6.31. The number of amides is 3. The molecule has 5 N–H and O–H groups in total. The van der Waals surface area contributed by atoms with Gasteiger partial charge in [0.05, 0.1) is 5.69 Å². The van der Waals surface area contributed by atoms with Gasteiger partial charge in [-0.25, -0.2) is 4.79 Å². The first kappa shape index (κ1) is 20.9. The number of phenolic OH excluding ortho intramolecular Hbond substituents is 1. The van der Waals surface area contributed by atoms with Crippen molar-refractivity contribution in [1.82, 2.24) is 10.3 Å². The predicted molar refractivity (Wildman–Crippen MR) is 113 cm³/mol. The molecule has 2 aromatic carbocycles. The lowest BCUT2D eigenvalue weighted by atomic mass is 10.1. The van der Waals surface area contributed by atoms with Crippen LogP contribution in [0.25, 0.3) is 0 Å². The van der Waals surface area contributed by atoms with E-state index in [9.17, 15) is 14.7 Å². The third-order valence-electron chi connectivity index (χ3n) is 4.18. The average molecular weight is 427 g/mol. The minimum atomic E-state index is -0.637. The normalized spacial score (nSPS) is 10.3. The van der Waals surface area contributed by atoms with Gasteiger partial charge in [-0.1, -0.05) is 17.7 Å². The highest BCUT2D eigenvalue weighted by atomic mass is 35.5. The summed E-state index contributed by atoms with van der Waals surface area (Å²) in [6.07, 6.45) is 1.44. The van der Waals surface area contributed by atoms with Crippen LogP contribution in [-0.2, 0) is 6.54 Å². The Hall–Kier alpha value is -3.78.